The van der Waals surface area contributed by atoms with Gasteiger partial charge < -0.3 is 10.2 Å². The maximum Gasteiger partial charge on any atom is 0.123 e. The van der Waals surface area contributed by atoms with Gasteiger partial charge in [0.2, 0.25) is 0 Å². The first-order valence-corrected chi connectivity index (χ1v) is 11.7. The van der Waals surface area contributed by atoms with Crippen molar-refractivity contribution in [1.82, 2.24) is 4.90 Å². The maximum atomic E-state index is 13.5. The molecular weight excluding hydrogens is 473 g/mol. The summed E-state index contributed by atoms with van der Waals surface area (Å²) in [7, 11) is 0. The number of benzene rings is 3. The number of hydrogen-bond donors (Lipinski definition) is 1. The number of rotatable bonds is 9. The van der Waals surface area contributed by atoms with Crippen molar-refractivity contribution in [3.63, 3.8) is 0 Å². The first-order chi connectivity index (χ1) is 15.7. The molecule has 0 amide bonds. The van der Waals surface area contributed by atoms with Crippen molar-refractivity contribution in [3.8, 4) is 0 Å². The summed E-state index contributed by atoms with van der Waals surface area (Å²) in [6.07, 6.45) is 5.76. The van der Waals surface area contributed by atoms with Gasteiger partial charge in [0.25, 0.3) is 0 Å². The fraction of sp³-hybridized carbons (Fsp3) is 0.357. The molecule has 4 rings (SSSR count). The largest absolute Gasteiger partial charge is 0.378 e. The minimum atomic E-state index is -0.241. The molecule has 0 spiro atoms. The highest BCUT2D eigenvalue weighted by molar-refractivity contribution is 5.85. The molecule has 1 saturated heterocycles. The Balaban J connectivity index is 0.00000204. The van der Waals surface area contributed by atoms with Crippen LogP contribution in [0.1, 0.15) is 42.9 Å². The Labute approximate surface area is 214 Å². The number of anilines is 1. The molecule has 3 aromatic rings. The number of piperidine rings is 1. The second kappa shape index (κ2) is 14.3. The van der Waals surface area contributed by atoms with Crippen LogP contribution in [0.2, 0.25) is 0 Å². The van der Waals surface area contributed by atoms with Crippen LogP contribution in [-0.2, 0) is 6.42 Å². The van der Waals surface area contributed by atoms with Crippen molar-refractivity contribution in [2.75, 3.05) is 25.0 Å². The molecule has 0 aromatic heterocycles. The third kappa shape index (κ3) is 8.26. The molecule has 1 atom stereocenters. The predicted octanol–water partition coefficient (Wildman–Crippen LogP) is 7.70. The van der Waals surface area contributed by atoms with Crippen LogP contribution >= 0.6 is 24.8 Å². The van der Waals surface area contributed by atoms with Gasteiger partial charge >= 0.3 is 0 Å². The molecule has 1 N–H and O–H groups in total. The molecule has 1 heterocycles. The average molecular weight is 507 g/mol. The molecule has 1 unspecified atom stereocenters. The molecule has 0 radical (unpaired) electrons. The van der Waals surface area contributed by atoms with E-state index in [9.17, 15) is 8.78 Å². The molecule has 0 bridgehead atoms. The van der Waals surface area contributed by atoms with Crippen molar-refractivity contribution in [2.24, 2.45) is 5.92 Å². The molecule has 0 aliphatic carbocycles. The molecule has 1 aliphatic rings. The smallest absolute Gasteiger partial charge is 0.123 e. The van der Waals surface area contributed by atoms with Crippen molar-refractivity contribution < 1.29 is 8.78 Å². The average Bonchev–Trinajstić information content (AvgIpc) is 2.83. The standard InChI is InChI=1S/C28H32F2N2.2ClH/c29-25-11-9-23(10-12-25)28(31-27-15-13-26(30)14-16-27)24-17-20-32(21-18-24)19-5-4-8-22-6-2-1-3-7-22;;/h1-3,6-7,9-16,24,28,31H,4-5,8,17-21H2;2*1H. The molecule has 3 aromatic carbocycles. The minimum absolute atomic E-state index is 0. The van der Waals surface area contributed by atoms with E-state index in [-0.39, 0.29) is 42.5 Å². The zero-order chi connectivity index (χ0) is 22.2. The van der Waals surface area contributed by atoms with Crippen LogP contribution in [0.5, 0.6) is 0 Å². The summed E-state index contributed by atoms with van der Waals surface area (Å²) in [6, 6.07) is 24.1. The molecule has 34 heavy (non-hydrogen) atoms. The second-order valence-corrected chi connectivity index (χ2v) is 8.80. The third-order valence-corrected chi connectivity index (χ3v) is 6.53. The Kier molecular flexibility index (Phi) is 11.8. The lowest BCUT2D eigenvalue weighted by atomic mass is 9.85. The monoisotopic (exact) mass is 506 g/mol. The molecule has 6 heteroatoms. The van der Waals surface area contributed by atoms with Crippen LogP contribution in [-0.4, -0.2) is 24.5 Å². The van der Waals surface area contributed by atoms with Crippen LogP contribution in [0.15, 0.2) is 78.9 Å². The van der Waals surface area contributed by atoms with Gasteiger partial charge in [-0.15, -0.1) is 24.8 Å². The Morgan fingerprint density at radius 2 is 1.35 bits per heavy atom. The molecular formula is C28H34Cl2F2N2. The molecule has 1 fully saturated rings. The van der Waals surface area contributed by atoms with Crippen LogP contribution in [0.4, 0.5) is 14.5 Å². The number of unbranched alkanes of at least 4 members (excludes halogenated alkanes) is 1. The van der Waals surface area contributed by atoms with E-state index < -0.39 is 0 Å². The first kappa shape index (κ1) is 28.1. The SMILES string of the molecule is Cl.Cl.Fc1ccc(NC(c2ccc(F)cc2)C2CCN(CCCCc3ccccc3)CC2)cc1. The normalized spacial score (nSPS) is 15.1. The van der Waals surface area contributed by atoms with E-state index in [1.54, 1.807) is 12.1 Å². The zero-order valence-corrected chi connectivity index (χ0v) is 21.0. The van der Waals surface area contributed by atoms with Crippen molar-refractivity contribution in [3.05, 3.63) is 102 Å². The van der Waals surface area contributed by atoms with E-state index in [0.717, 1.165) is 50.1 Å². The summed E-state index contributed by atoms with van der Waals surface area (Å²) in [5, 5.41) is 3.59. The van der Waals surface area contributed by atoms with Crippen molar-refractivity contribution >= 4 is 30.5 Å². The van der Waals surface area contributed by atoms with Gasteiger partial charge in [0.05, 0.1) is 6.04 Å². The highest BCUT2D eigenvalue weighted by Crippen LogP contribution is 2.34. The number of nitrogens with one attached hydrogen (secondary N) is 1. The summed E-state index contributed by atoms with van der Waals surface area (Å²) in [4.78, 5) is 2.57. The van der Waals surface area contributed by atoms with Gasteiger partial charge in [0, 0.05) is 5.69 Å². The second-order valence-electron chi connectivity index (χ2n) is 8.80. The lowest BCUT2D eigenvalue weighted by Crippen LogP contribution is -2.37. The molecule has 0 saturated carbocycles. The summed E-state index contributed by atoms with van der Waals surface area (Å²) in [5.74, 6) is -0.0138. The fourth-order valence-electron chi connectivity index (χ4n) is 4.69. The summed E-state index contributed by atoms with van der Waals surface area (Å²) < 4.78 is 26.8. The van der Waals surface area contributed by atoms with Gasteiger partial charge in [-0.05, 0) is 105 Å². The molecule has 2 nitrogen and oxygen atoms in total. The number of nitrogens with zero attached hydrogens (tertiary/aromatic N) is 1. The van der Waals surface area contributed by atoms with Gasteiger partial charge in [-0.3, -0.25) is 0 Å². The number of hydrogen-bond acceptors (Lipinski definition) is 2. The predicted molar refractivity (Wildman–Crippen MR) is 142 cm³/mol. The topological polar surface area (TPSA) is 15.3 Å². The van der Waals surface area contributed by atoms with Crippen molar-refractivity contribution in [2.45, 2.75) is 38.1 Å². The van der Waals surface area contributed by atoms with E-state index in [2.05, 4.69) is 40.5 Å². The Morgan fingerprint density at radius 1 is 0.765 bits per heavy atom. The van der Waals surface area contributed by atoms with Crippen LogP contribution in [0.25, 0.3) is 0 Å². The third-order valence-electron chi connectivity index (χ3n) is 6.53. The van der Waals surface area contributed by atoms with Crippen LogP contribution < -0.4 is 5.32 Å². The lowest BCUT2D eigenvalue weighted by Gasteiger charge is -2.37. The minimum Gasteiger partial charge on any atom is -0.378 e. The van der Waals surface area contributed by atoms with Crippen LogP contribution in [0, 0.1) is 17.6 Å². The van der Waals surface area contributed by atoms with Gasteiger partial charge in [-0.1, -0.05) is 42.5 Å². The van der Waals surface area contributed by atoms with Gasteiger partial charge in [0.1, 0.15) is 11.6 Å². The highest BCUT2D eigenvalue weighted by atomic mass is 35.5. The van der Waals surface area contributed by atoms with E-state index >= 15 is 0 Å². The highest BCUT2D eigenvalue weighted by Gasteiger charge is 2.27. The van der Waals surface area contributed by atoms with E-state index in [0.29, 0.717) is 5.92 Å². The molecule has 184 valence electrons. The number of aryl methyl sites for hydroxylation is 1. The van der Waals surface area contributed by atoms with Crippen molar-refractivity contribution in [1.29, 1.82) is 0 Å². The van der Waals surface area contributed by atoms with E-state index in [1.807, 2.05) is 12.1 Å². The Hall–Kier alpha value is -2.14. The van der Waals surface area contributed by atoms with Gasteiger partial charge in [-0.2, -0.15) is 0 Å². The summed E-state index contributed by atoms with van der Waals surface area (Å²) >= 11 is 0. The van der Waals surface area contributed by atoms with Crippen LogP contribution in [0.3, 0.4) is 0 Å². The Bertz CT molecular complexity index is 944. The number of halogens is 4. The quantitative estimate of drug-likeness (QED) is 0.299. The van der Waals surface area contributed by atoms with Gasteiger partial charge in [0.15, 0.2) is 0 Å². The van der Waals surface area contributed by atoms with Gasteiger partial charge in [-0.25, -0.2) is 8.78 Å². The fourth-order valence-corrected chi connectivity index (χ4v) is 4.69. The number of likely N-dealkylation sites (tertiary alicyclic amines) is 1. The lowest BCUT2D eigenvalue weighted by molar-refractivity contribution is 0.170. The van der Waals surface area contributed by atoms with E-state index in [4.69, 9.17) is 0 Å². The van der Waals surface area contributed by atoms with E-state index in [1.165, 1.54) is 42.7 Å². The summed E-state index contributed by atoms with van der Waals surface area (Å²) in [5.41, 5.74) is 3.39. The zero-order valence-electron chi connectivity index (χ0n) is 19.3. The first-order valence-electron chi connectivity index (χ1n) is 11.7. The molecule has 1 aliphatic heterocycles. The Morgan fingerprint density at radius 3 is 1.97 bits per heavy atom. The maximum absolute atomic E-state index is 13.5. The summed E-state index contributed by atoms with van der Waals surface area (Å²) in [6.45, 7) is 3.31.